The van der Waals surface area contributed by atoms with Gasteiger partial charge in [0.25, 0.3) is 5.91 Å². The van der Waals surface area contributed by atoms with Crippen LogP contribution in [0.25, 0.3) is 0 Å². The molecule has 3 rings (SSSR count). The molecule has 1 saturated heterocycles. The summed E-state index contributed by atoms with van der Waals surface area (Å²) in [4.78, 5) is 32.9. The molecule has 2 heterocycles. The Morgan fingerprint density at radius 3 is 2.74 bits per heavy atom. The molecule has 0 saturated carbocycles. The first-order valence-electron chi connectivity index (χ1n) is 9.31. The molecule has 1 aromatic heterocycles. The first-order chi connectivity index (χ1) is 13.2. The predicted molar refractivity (Wildman–Crippen MR) is 102 cm³/mol. The first-order valence-corrected chi connectivity index (χ1v) is 9.31. The zero-order valence-corrected chi connectivity index (χ0v) is 15.6. The lowest BCUT2D eigenvalue weighted by Gasteiger charge is -2.31. The average molecular weight is 367 g/mol. The van der Waals surface area contributed by atoms with Gasteiger partial charge in [0.1, 0.15) is 5.75 Å². The van der Waals surface area contributed by atoms with E-state index in [1.54, 1.807) is 29.4 Å². The van der Waals surface area contributed by atoms with E-state index in [0.717, 1.165) is 12.0 Å². The Kier molecular flexibility index (Phi) is 6.41. The molecule has 1 aromatic carbocycles. The Hall–Kier alpha value is -2.89. The molecule has 2 amide bonds. The first kappa shape index (κ1) is 18.9. The highest BCUT2D eigenvalue weighted by Gasteiger charge is 2.30. The van der Waals surface area contributed by atoms with E-state index in [1.807, 2.05) is 35.2 Å². The summed E-state index contributed by atoms with van der Waals surface area (Å²) >= 11 is 0. The van der Waals surface area contributed by atoms with Gasteiger partial charge in [-0.15, -0.1) is 0 Å². The quantitative estimate of drug-likeness (QED) is 0.787. The third kappa shape index (κ3) is 5.06. The highest BCUT2D eigenvalue weighted by molar-refractivity contribution is 5.81. The average Bonchev–Trinajstić information content (AvgIpc) is 2.87. The third-order valence-corrected chi connectivity index (χ3v) is 4.80. The minimum Gasteiger partial charge on any atom is -0.482 e. The molecule has 6 nitrogen and oxygen atoms in total. The number of benzene rings is 1. The predicted octanol–water partition coefficient (Wildman–Crippen LogP) is 2.50. The lowest BCUT2D eigenvalue weighted by molar-refractivity contribution is -0.134. The molecule has 27 heavy (non-hydrogen) atoms. The normalized spacial score (nSPS) is 17.5. The van der Waals surface area contributed by atoms with Crippen LogP contribution in [0.4, 0.5) is 0 Å². The molecule has 1 aliphatic rings. The van der Waals surface area contributed by atoms with E-state index in [0.29, 0.717) is 31.8 Å². The van der Waals surface area contributed by atoms with E-state index in [1.165, 1.54) is 0 Å². The maximum atomic E-state index is 12.7. The van der Waals surface area contributed by atoms with Crippen LogP contribution >= 0.6 is 0 Å². The fourth-order valence-corrected chi connectivity index (χ4v) is 3.26. The monoisotopic (exact) mass is 367 g/mol. The van der Waals surface area contributed by atoms with Crippen LogP contribution in [0.1, 0.15) is 25.3 Å². The summed E-state index contributed by atoms with van der Waals surface area (Å²) in [5.41, 5.74) is 1.10. The summed E-state index contributed by atoms with van der Waals surface area (Å²) in [6, 6.07) is 13.5. The molecule has 0 bridgehead atoms. The number of aromatic nitrogens is 1. The zero-order valence-electron chi connectivity index (χ0n) is 15.6. The molecule has 6 heteroatoms. The molecular weight excluding hydrogens is 342 g/mol. The molecule has 0 N–H and O–H groups in total. The van der Waals surface area contributed by atoms with Crippen molar-refractivity contribution in [1.29, 1.82) is 0 Å². The van der Waals surface area contributed by atoms with Crippen LogP contribution < -0.4 is 4.74 Å². The largest absolute Gasteiger partial charge is 0.482 e. The maximum Gasteiger partial charge on any atom is 0.260 e. The second kappa shape index (κ2) is 9.16. The number of amides is 2. The number of rotatable bonds is 6. The van der Waals surface area contributed by atoms with Gasteiger partial charge in [0.2, 0.25) is 5.91 Å². The van der Waals surface area contributed by atoms with Crippen LogP contribution in [0, 0.1) is 0 Å². The van der Waals surface area contributed by atoms with Crippen molar-refractivity contribution in [3.05, 3.63) is 60.4 Å². The van der Waals surface area contributed by atoms with E-state index >= 15 is 0 Å². The van der Waals surface area contributed by atoms with E-state index in [4.69, 9.17) is 4.74 Å². The van der Waals surface area contributed by atoms with Crippen LogP contribution in [0.2, 0.25) is 0 Å². The minimum absolute atomic E-state index is 0.00236. The van der Waals surface area contributed by atoms with Gasteiger partial charge < -0.3 is 14.5 Å². The van der Waals surface area contributed by atoms with Gasteiger partial charge in [0, 0.05) is 38.3 Å². The summed E-state index contributed by atoms with van der Waals surface area (Å²) in [6.45, 7) is 3.54. The van der Waals surface area contributed by atoms with Crippen molar-refractivity contribution in [3.63, 3.8) is 0 Å². The molecule has 2 aromatic rings. The number of ether oxygens (including phenoxy) is 1. The summed E-state index contributed by atoms with van der Waals surface area (Å²) in [5.74, 6) is 0.551. The van der Waals surface area contributed by atoms with Crippen molar-refractivity contribution >= 4 is 11.8 Å². The van der Waals surface area contributed by atoms with E-state index < -0.39 is 0 Å². The summed E-state index contributed by atoms with van der Waals surface area (Å²) in [7, 11) is 0. The van der Waals surface area contributed by atoms with Crippen molar-refractivity contribution in [3.8, 4) is 5.75 Å². The molecule has 0 spiro atoms. The van der Waals surface area contributed by atoms with Crippen molar-refractivity contribution in [2.75, 3.05) is 19.7 Å². The van der Waals surface area contributed by atoms with Gasteiger partial charge in [-0.1, -0.05) is 37.3 Å². The van der Waals surface area contributed by atoms with Gasteiger partial charge in [-0.2, -0.15) is 0 Å². The summed E-state index contributed by atoms with van der Waals surface area (Å²) in [5, 5.41) is 0. The third-order valence-electron chi connectivity index (χ3n) is 4.80. The molecule has 1 fully saturated rings. The second-order valence-corrected chi connectivity index (χ2v) is 6.64. The van der Waals surface area contributed by atoms with Gasteiger partial charge in [-0.25, -0.2) is 0 Å². The molecule has 142 valence electrons. The molecular formula is C21H25N3O3. The Bertz CT molecular complexity index is 752. The second-order valence-electron chi connectivity index (χ2n) is 6.64. The van der Waals surface area contributed by atoms with Crippen LogP contribution in [0.3, 0.4) is 0 Å². The lowest BCUT2D eigenvalue weighted by Crippen LogP contribution is -2.44. The molecule has 1 atom stereocenters. The summed E-state index contributed by atoms with van der Waals surface area (Å²) < 4.78 is 5.53. The van der Waals surface area contributed by atoms with E-state index in [9.17, 15) is 9.59 Å². The lowest BCUT2D eigenvalue weighted by atomic mass is 10.1. The van der Waals surface area contributed by atoms with Gasteiger partial charge in [0.05, 0.1) is 6.20 Å². The number of nitrogens with zero attached hydrogens (tertiary/aromatic N) is 3. The standard InChI is InChI=1S/C21H25N3O3/c1-2-18-15-23(21(26)16-27-19-9-6-11-22-13-19)12-10-20(25)24(18)14-17-7-4-3-5-8-17/h3-9,11,13,18H,2,10,12,14-16H2,1H3/t18-/m0/s1. The van der Waals surface area contributed by atoms with Crippen LogP contribution in [0.5, 0.6) is 5.75 Å². The van der Waals surface area contributed by atoms with Crippen molar-refractivity contribution in [2.45, 2.75) is 32.4 Å². The zero-order chi connectivity index (χ0) is 19.1. The topological polar surface area (TPSA) is 62.7 Å². The van der Waals surface area contributed by atoms with Gasteiger partial charge in [-0.3, -0.25) is 14.6 Å². The molecule has 0 unspecified atom stereocenters. The van der Waals surface area contributed by atoms with Gasteiger partial charge in [-0.05, 0) is 24.1 Å². The van der Waals surface area contributed by atoms with E-state index in [-0.39, 0.29) is 24.5 Å². The highest BCUT2D eigenvalue weighted by Crippen LogP contribution is 2.18. The SMILES string of the molecule is CC[C@H]1CN(C(=O)COc2cccnc2)CCC(=O)N1Cc1ccccc1. The Labute approximate surface area is 159 Å². The molecule has 1 aliphatic heterocycles. The Balaban J connectivity index is 1.64. The van der Waals surface area contributed by atoms with Crippen molar-refractivity contribution in [1.82, 2.24) is 14.8 Å². The molecule has 0 aliphatic carbocycles. The summed E-state index contributed by atoms with van der Waals surface area (Å²) in [6.07, 6.45) is 4.37. The smallest absolute Gasteiger partial charge is 0.260 e. The maximum absolute atomic E-state index is 12.7. The van der Waals surface area contributed by atoms with Crippen LogP contribution in [0.15, 0.2) is 54.9 Å². The number of carbonyl (C=O) groups is 2. The fourth-order valence-electron chi connectivity index (χ4n) is 3.26. The number of hydrogen-bond acceptors (Lipinski definition) is 4. The minimum atomic E-state index is -0.105. The number of pyridine rings is 1. The number of hydrogen-bond donors (Lipinski definition) is 0. The van der Waals surface area contributed by atoms with Crippen LogP contribution in [-0.4, -0.2) is 52.3 Å². The van der Waals surface area contributed by atoms with Gasteiger partial charge >= 0.3 is 0 Å². The van der Waals surface area contributed by atoms with E-state index in [2.05, 4.69) is 11.9 Å². The molecule has 0 radical (unpaired) electrons. The van der Waals surface area contributed by atoms with Crippen LogP contribution in [-0.2, 0) is 16.1 Å². The van der Waals surface area contributed by atoms with Gasteiger partial charge in [0.15, 0.2) is 6.61 Å². The van der Waals surface area contributed by atoms with Crippen molar-refractivity contribution in [2.24, 2.45) is 0 Å². The fraction of sp³-hybridized carbons (Fsp3) is 0.381. The number of carbonyl (C=O) groups excluding carboxylic acids is 2. The van der Waals surface area contributed by atoms with Crippen molar-refractivity contribution < 1.29 is 14.3 Å². The Morgan fingerprint density at radius 2 is 2.04 bits per heavy atom. The Morgan fingerprint density at radius 1 is 1.22 bits per heavy atom. The highest BCUT2D eigenvalue weighted by atomic mass is 16.5.